The highest BCUT2D eigenvalue weighted by Crippen LogP contribution is 2.25. The molecule has 4 nitrogen and oxygen atoms in total. The molecule has 0 spiro atoms. The fraction of sp³-hybridized carbons (Fsp3) is 0.938. The van der Waals surface area contributed by atoms with Crippen molar-refractivity contribution in [2.24, 2.45) is 11.8 Å². The van der Waals surface area contributed by atoms with Crippen LogP contribution in [0.15, 0.2) is 0 Å². The van der Waals surface area contributed by atoms with E-state index in [9.17, 15) is 9.90 Å². The number of carboxylic acid groups (broad SMARTS) is 1. The molecule has 1 heterocycles. The van der Waals surface area contributed by atoms with E-state index < -0.39 is 11.5 Å². The summed E-state index contributed by atoms with van der Waals surface area (Å²) in [4.78, 5) is 13.9. The van der Waals surface area contributed by atoms with Crippen molar-refractivity contribution in [3.63, 3.8) is 0 Å². The first kappa shape index (κ1) is 17.4. The molecule has 0 aromatic rings. The van der Waals surface area contributed by atoms with Crippen molar-refractivity contribution >= 4 is 5.97 Å². The Morgan fingerprint density at radius 3 is 2.45 bits per heavy atom. The normalized spacial score (nSPS) is 21.1. The Balaban J connectivity index is 2.39. The van der Waals surface area contributed by atoms with E-state index in [0.29, 0.717) is 6.42 Å². The molecule has 0 aromatic carbocycles. The molecule has 118 valence electrons. The third-order valence-corrected chi connectivity index (χ3v) is 4.74. The molecule has 0 bridgehead atoms. The number of carbonyl (C=O) groups is 1. The van der Waals surface area contributed by atoms with E-state index in [1.165, 1.54) is 12.8 Å². The third-order valence-electron chi connectivity index (χ3n) is 4.74. The lowest BCUT2D eigenvalue weighted by atomic mass is 9.86. The lowest BCUT2D eigenvalue weighted by molar-refractivity contribution is -0.144. The summed E-state index contributed by atoms with van der Waals surface area (Å²) in [7, 11) is 0. The Morgan fingerprint density at radius 1 is 1.40 bits per heavy atom. The van der Waals surface area contributed by atoms with E-state index in [1.807, 2.05) is 6.92 Å². The number of likely N-dealkylation sites (tertiary alicyclic amines) is 1. The summed E-state index contributed by atoms with van der Waals surface area (Å²) >= 11 is 0. The van der Waals surface area contributed by atoms with Crippen molar-refractivity contribution in [3.8, 4) is 0 Å². The minimum atomic E-state index is -0.787. The molecular weight excluding hydrogens is 252 g/mol. The van der Waals surface area contributed by atoms with Gasteiger partial charge in [0, 0.05) is 6.54 Å². The van der Waals surface area contributed by atoms with Crippen LogP contribution in [0.3, 0.4) is 0 Å². The van der Waals surface area contributed by atoms with E-state index in [2.05, 4.69) is 31.0 Å². The van der Waals surface area contributed by atoms with E-state index in [1.54, 1.807) is 0 Å². The Bertz CT molecular complexity index is 299. The molecule has 2 N–H and O–H groups in total. The van der Waals surface area contributed by atoms with E-state index in [4.69, 9.17) is 0 Å². The van der Waals surface area contributed by atoms with Crippen LogP contribution in [0.2, 0.25) is 0 Å². The van der Waals surface area contributed by atoms with Gasteiger partial charge in [0.15, 0.2) is 0 Å². The maximum atomic E-state index is 11.5. The highest BCUT2D eigenvalue weighted by atomic mass is 16.4. The molecule has 0 aromatic heterocycles. The van der Waals surface area contributed by atoms with Crippen LogP contribution in [0.4, 0.5) is 0 Å². The predicted molar refractivity (Wildman–Crippen MR) is 83.0 cm³/mol. The second kappa shape index (κ2) is 7.99. The Hall–Kier alpha value is -0.610. The molecular formula is C16H32N2O2. The number of hydrogen-bond donors (Lipinski definition) is 2. The lowest BCUT2D eigenvalue weighted by Crippen LogP contribution is -2.52. The Kier molecular flexibility index (Phi) is 6.96. The summed E-state index contributed by atoms with van der Waals surface area (Å²) < 4.78 is 0. The number of piperidine rings is 1. The van der Waals surface area contributed by atoms with Crippen molar-refractivity contribution < 1.29 is 9.90 Å². The lowest BCUT2D eigenvalue weighted by Gasteiger charge is -2.36. The van der Waals surface area contributed by atoms with Crippen molar-refractivity contribution in [2.75, 3.05) is 26.2 Å². The molecule has 4 heteroatoms. The van der Waals surface area contributed by atoms with Crippen LogP contribution >= 0.6 is 0 Å². The smallest absolute Gasteiger partial charge is 0.323 e. The van der Waals surface area contributed by atoms with Gasteiger partial charge in [-0.25, -0.2) is 0 Å². The standard InChI is InChI=1S/C16H32N2O2/c1-5-9-17-16(4,15(19)20)8-12-18-10-6-14(7-11-18)13(2)3/h13-14,17H,5-12H2,1-4H3,(H,19,20). The number of aliphatic carboxylic acids is 1. The van der Waals surface area contributed by atoms with Crippen LogP contribution in [0.25, 0.3) is 0 Å². The van der Waals surface area contributed by atoms with Crippen molar-refractivity contribution in [1.82, 2.24) is 10.2 Å². The first-order valence-electron chi connectivity index (χ1n) is 8.10. The number of hydrogen-bond acceptors (Lipinski definition) is 3. The Labute approximate surface area is 123 Å². The van der Waals surface area contributed by atoms with Crippen LogP contribution in [0.1, 0.15) is 53.4 Å². The van der Waals surface area contributed by atoms with Gasteiger partial charge in [0.25, 0.3) is 0 Å². The fourth-order valence-electron chi connectivity index (χ4n) is 2.90. The molecule has 1 aliphatic rings. The molecule has 1 rings (SSSR count). The number of rotatable bonds is 8. The van der Waals surface area contributed by atoms with Gasteiger partial charge in [0.2, 0.25) is 0 Å². The number of nitrogens with one attached hydrogen (secondary N) is 1. The van der Waals surface area contributed by atoms with Gasteiger partial charge in [-0.2, -0.15) is 0 Å². The fourth-order valence-corrected chi connectivity index (χ4v) is 2.90. The SMILES string of the molecule is CCCNC(C)(CCN1CCC(C(C)C)CC1)C(=O)O. The summed E-state index contributed by atoms with van der Waals surface area (Å²) in [5, 5.41) is 12.6. The summed E-state index contributed by atoms with van der Waals surface area (Å²) in [5.41, 5.74) is -0.787. The third kappa shape index (κ3) is 5.06. The number of nitrogens with zero attached hydrogens (tertiary/aromatic N) is 1. The monoisotopic (exact) mass is 284 g/mol. The van der Waals surface area contributed by atoms with Crippen LogP contribution in [-0.4, -0.2) is 47.7 Å². The van der Waals surface area contributed by atoms with Gasteiger partial charge in [-0.1, -0.05) is 20.8 Å². The van der Waals surface area contributed by atoms with Crippen LogP contribution in [0, 0.1) is 11.8 Å². The predicted octanol–water partition coefficient (Wildman–Crippen LogP) is 2.59. The number of carboxylic acids is 1. The summed E-state index contributed by atoms with van der Waals surface area (Å²) in [6.07, 6.45) is 4.14. The Morgan fingerprint density at radius 2 is 2.00 bits per heavy atom. The van der Waals surface area contributed by atoms with Crippen LogP contribution in [0.5, 0.6) is 0 Å². The first-order chi connectivity index (χ1) is 9.39. The van der Waals surface area contributed by atoms with Gasteiger partial charge >= 0.3 is 5.97 Å². The minimum Gasteiger partial charge on any atom is -0.480 e. The molecule has 0 aliphatic carbocycles. The average Bonchev–Trinajstić information content (AvgIpc) is 2.43. The average molecular weight is 284 g/mol. The molecule has 1 atom stereocenters. The molecule has 0 saturated carbocycles. The molecule has 0 amide bonds. The van der Waals surface area contributed by atoms with Crippen LogP contribution < -0.4 is 5.32 Å². The minimum absolute atomic E-state index is 0.675. The van der Waals surface area contributed by atoms with E-state index in [0.717, 1.165) is 44.4 Å². The summed E-state index contributed by atoms with van der Waals surface area (Å²) in [5.74, 6) is 0.881. The highest BCUT2D eigenvalue weighted by molar-refractivity contribution is 5.78. The zero-order chi connectivity index (χ0) is 15.2. The van der Waals surface area contributed by atoms with Gasteiger partial charge in [-0.15, -0.1) is 0 Å². The van der Waals surface area contributed by atoms with Crippen molar-refractivity contribution in [3.05, 3.63) is 0 Å². The topological polar surface area (TPSA) is 52.6 Å². The second-order valence-electron chi connectivity index (χ2n) is 6.74. The zero-order valence-electron chi connectivity index (χ0n) is 13.6. The van der Waals surface area contributed by atoms with Crippen molar-refractivity contribution in [1.29, 1.82) is 0 Å². The molecule has 20 heavy (non-hydrogen) atoms. The maximum absolute atomic E-state index is 11.5. The maximum Gasteiger partial charge on any atom is 0.323 e. The molecule has 1 saturated heterocycles. The van der Waals surface area contributed by atoms with Gasteiger partial charge in [-0.3, -0.25) is 4.79 Å². The van der Waals surface area contributed by atoms with Gasteiger partial charge in [0.1, 0.15) is 5.54 Å². The van der Waals surface area contributed by atoms with E-state index >= 15 is 0 Å². The van der Waals surface area contributed by atoms with Crippen LogP contribution in [-0.2, 0) is 4.79 Å². The largest absolute Gasteiger partial charge is 0.480 e. The van der Waals surface area contributed by atoms with Crippen molar-refractivity contribution in [2.45, 2.75) is 58.9 Å². The van der Waals surface area contributed by atoms with E-state index in [-0.39, 0.29) is 0 Å². The highest BCUT2D eigenvalue weighted by Gasteiger charge is 2.33. The first-order valence-corrected chi connectivity index (χ1v) is 8.10. The molecule has 1 aliphatic heterocycles. The van der Waals surface area contributed by atoms with Gasteiger partial charge < -0.3 is 15.3 Å². The summed E-state index contributed by atoms with van der Waals surface area (Å²) in [6, 6.07) is 0. The second-order valence-corrected chi connectivity index (χ2v) is 6.74. The molecule has 1 unspecified atom stereocenters. The molecule has 1 fully saturated rings. The van der Waals surface area contributed by atoms with Gasteiger partial charge in [0.05, 0.1) is 0 Å². The molecule has 0 radical (unpaired) electrons. The zero-order valence-corrected chi connectivity index (χ0v) is 13.6. The quantitative estimate of drug-likeness (QED) is 0.719. The summed E-state index contributed by atoms with van der Waals surface area (Å²) in [6.45, 7) is 12.4. The van der Waals surface area contributed by atoms with Gasteiger partial charge in [-0.05, 0) is 64.1 Å².